The second-order valence-corrected chi connectivity index (χ2v) is 6.20. The monoisotopic (exact) mass is 371 g/mol. The van der Waals surface area contributed by atoms with Crippen LogP contribution in [0.3, 0.4) is 0 Å². The van der Waals surface area contributed by atoms with E-state index in [2.05, 4.69) is 27.1 Å². The van der Waals surface area contributed by atoms with Gasteiger partial charge in [0.2, 0.25) is 0 Å². The van der Waals surface area contributed by atoms with Gasteiger partial charge < -0.3 is 24.6 Å². The van der Waals surface area contributed by atoms with Gasteiger partial charge in [0.15, 0.2) is 0 Å². The topological polar surface area (TPSA) is 79.8 Å². The van der Waals surface area contributed by atoms with E-state index in [-0.39, 0.29) is 5.91 Å². The normalized spacial score (nSPS) is 14.7. The van der Waals surface area contributed by atoms with Crippen LogP contribution < -0.4 is 14.8 Å². The van der Waals surface area contributed by atoms with Gasteiger partial charge in [0.1, 0.15) is 23.0 Å². The molecular weight excluding hydrogens is 346 g/mol. The van der Waals surface area contributed by atoms with Crippen LogP contribution in [0.2, 0.25) is 0 Å². The molecule has 8 heteroatoms. The number of likely N-dealkylation sites (N-methyl/N-ethyl adjacent to an activating group) is 1. The number of methoxy groups -OCH3 is 2. The molecule has 1 aromatic carbocycles. The number of ether oxygens (including phenoxy) is 2. The fourth-order valence-corrected chi connectivity index (χ4v) is 2.98. The molecule has 27 heavy (non-hydrogen) atoms. The molecule has 3 rings (SSSR count). The number of rotatable bonds is 6. The molecule has 1 aliphatic heterocycles. The van der Waals surface area contributed by atoms with Crippen molar-refractivity contribution in [2.75, 3.05) is 52.3 Å². The van der Waals surface area contributed by atoms with Gasteiger partial charge in [-0.15, -0.1) is 0 Å². The number of nitrogens with one attached hydrogen (secondary N) is 1. The number of amides is 1. The lowest BCUT2D eigenvalue weighted by molar-refractivity contribution is 0.0637. The Morgan fingerprint density at radius 2 is 1.89 bits per heavy atom. The molecule has 0 atom stereocenters. The molecule has 0 aliphatic carbocycles. The van der Waals surface area contributed by atoms with E-state index in [1.807, 2.05) is 23.1 Å². The van der Waals surface area contributed by atoms with Crippen LogP contribution in [0.25, 0.3) is 0 Å². The third-order valence-corrected chi connectivity index (χ3v) is 4.65. The van der Waals surface area contributed by atoms with Gasteiger partial charge in [0, 0.05) is 32.2 Å². The maximum atomic E-state index is 12.6. The van der Waals surface area contributed by atoms with E-state index in [4.69, 9.17) is 9.47 Å². The highest BCUT2D eigenvalue weighted by molar-refractivity contribution is 5.92. The number of benzene rings is 1. The Morgan fingerprint density at radius 3 is 2.48 bits per heavy atom. The smallest absolute Gasteiger partial charge is 0.274 e. The zero-order valence-corrected chi connectivity index (χ0v) is 15.9. The molecular formula is C19H25N5O3. The summed E-state index contributed by atoms with van der Waals surface area (Å²) in [5, 5.41) is 3.15. The van der Waals surface area contributed by atoms with E-state index in [0.717, 1.165) is 32.7 Å². The lowest BCUT2D eigenvalue weighted by atomic mass is 10.2. The van der Waals surface area contributed by atoms with E-state index in [1.54, 1.807) is 20.4 Å². The SMILES string of the molecule is CCN1CCN(C(=O)c2cnc(Nc3cc(OC)ccc3OC)cn2)CC1. The highest BCUT2D eigenvalue weighted by Gasteiger charge is 2.22. The van der Waals surface area contributed by atoms with Gasteiger partial charge >= 0.3 is 0 Å². The second kappa shape index (κ2) is 8.68. The van der Waals surface area contributed by atoms with E-state index >= 15 is 0 Å². The molecule has 2 heterocycles. The van der Waals surface area contributed by atoms with E-state index in [0.29, 0.717) is 28.7 Å². The molecule has 1 aromatic heterocycles. The van der Waals surface area contributed by atoms with Gasteiger partial charge in [-0.3, -0.25) is 4.79 Å². The molecule has 0 bridgehead atoms. The van der Waals surface area contributed by atoms with Gasteiger partial charge in [0.25, 0.3) is 5.91 Å². The third-order valence-electron chi connectivity index (χ3n) is 4.65. The number of nitrogens with zero attached hydrogens (tertiary/aromatic N) is 4. The van der Waals surface area contributed by atoms with Gasteiger partial charge in [-0.2, -0.15) is 0 Å². The van der Waals surface area contributed by atoms with Crippen LogP contribution in [0.5, 0.6) is 11.5 Å². The summed E-state index contributed by atoms with van der Waals surface area (Å²) >= 11 is 0. The van der Waals surface area contributed by atoms with Crippen molar-refractivity contribution in [2.24, 2.45) is 0 Å². The Hall–Kier alpha value is -2.87. The van der Waals surface area contributed by atoms with E-state index in [9.17, 15) is 4.79 Å². The minimum Gasteiger partial charge on any atom is -0.497 e. The molecule has 1 saturated heterocycles. The van der Waals surface area contributed by atoms with Crippen LogP contribution in [-0.4, -0.2) is 72.6 Å². The van der Waals surface area contributed by atoms with Crippen LogP contribution in [-0.2, 0) is 0 Å². The summed E-state index contributed by atoms with van der Waals surface area (Å²) in [5.74, 6) is 1.80. The predicted molar refractivity (Wildman–Crippen MR) is 103 cm³/mol. The van der Waals surface area contributed by atoms with Crippen molar-refractivity contribution in [2.45, 2.75) is 6.92 Å². The highest BCUT2D eigenvalue weighted by atomic mass is 16.5. The Bertz CT molecular complexity index is 773. The van der Waals surface area contributed by atoms with Crippen molar-refractivity contribution in [3.63, 3.8) is 0 Å². The standard InChI is InChI=1S/C19H25N5O3/c1-4-23-7-9-24(10-8-23)19(25)16-12-21-18(13-20-16)22-15-11-14(26-2)5-6-17(15)27-3/h5-6,11-13H,4,7-10H2,1-3H3,(H,21,22). The third kappa shape index (κ3) is 4.46. The van der Waals surface area contributed by atoms with Crippen molar-refractivity contribution < 1.29 is 14.3 Å². The van der Waals surface area contributed by atoms with Crippen LogP contribution in [0.1, 0.15) is 17.4 Å². The highest BCUT2D eigenvalue weighted by Crippen LogP contribution is 2.30. The lowest BCUT2D eigenvalue weighted by Gasteiger charge is -2.33. The largest absolute Gasteiger partial charge is 0.497 e. The quantitative estimate of drug-likeness (QED) is 0.832. The molecule has 1 aliphatic rings. The molecule has 1 amide bonds. The van der Waals surface area contributed by atoms with Gasteiger partial charge in [0.05, 0.1) is 32.3 Å². The van der Waals surface area contributed by atoms with Gasteiger partial charge in [-0.1, -0.05) is 6.92 Å². The number of aromatic nitrogens is 2. The molecule has 0 saturated carbocycles. The molecule has 0 radical (unpaired) electrons. The molecule has 0 unspecified atom stereocenters. The summed E-state index contributed by atoms with van der Waals surface area (Å²) in [4.78, 5) is 25.4. The Morgan fingerprint density at radius 1 is 1.11 bits per heavy atom. The van der Waals surface area contributed by atoms with Gasteiger partial charge in [-0.25, -0.2) is 9.97 Å². The predicted octanol–water partition coefficient (Wildman–Crippen LogP) is 2.02. The fourth-order valence-electron chi connectivity index (χ4n) is 2.98. The van der Waals surface area contributed by atoms with Crippen LogP contribution >= 0.6 is 0 Å². The van der Waals surface area contributed by atoms with Crippen LogP contribution in [0.15, 0.2) is 30.6 Å². The minimum absolute atomic E-state index is 0.0798. The van der Waals surface area contributed by atoms with Crippen molar-refractivity contribution in [3.8, 4) is 11.5 Å². The number of anilines is 2. The zero-order valence-electron chi connectivity index (χ0n) is 15.9. The van der Waals surface area contributed by atoms with E-state index in [1.165, 1.54) is 6.20 Å². The number of carbonyl (C=O) groups is 1. The number of piperazine rings is 1. The zero-order chi connectivity index (χ0) is 19.2. The average Bonchev–Trinajstić information content (AvgIpc) is 2.73. The van der Waals surface area contributed by atoms with Crippen molar-refractivity contribution in [1.29, 1.82) is 0 Å². The first-order valence-corrected chi connectivity index (χ1v) is 8.97. The molecule has 8 nitrogen and oxygen atoms in total. The number of hydrogen-bond donors (Lipinski definition) is 1. The number of carbonyl (C=O) groups excluding carboxylic acids is 1. The van der Waals surface area contributed by atoms with Crippen molar-refractivity contribution in [1.82, 2.24) is 19.8 Å². The van der Waals surface area contributed by atoms with Crippen molar-refractivity contribution >= 4 is 17.4 Å². The summed E-state index contributed by atoms with van der Waals surface area (Å²) in [7, 11) is 3.20. The molecule has 0 spiro atoms. The summed E-state index contributed by atoms with van der Waals surface area (Å²) in [6.07, 6.45) is 3.05. The Labute approximate surface area is 159 Å². The summed E-state index contributed by atoms with van der Waals surface area (Å²) in [5.41, 5.74) is 1.06. The Balaban J connectivity index is 1.68. The first-order valence-electron chi connectivity index (χ1n) is 8.97. The van der Waals surface area contributed by atoms with Crippen LogP contribution in [0.4, 0.5) is 11.5 Å². The number of hydrogen-bond acceptors (Lipinski definition) is 7. The van der Waals surface area contributed by atoms with Crippen molar-refractivity contribution in [3.05, 3.63) is 36.3 Å². The summed E-state index contributed by atoms with van der Waals surface area (Å²) < 4.78 is 10.6. The lowest BCUT2D eigenvalue weighted by Crippen LogP contribution is -2.48. The first-order chi connectivity index (χ1) is 13.1. The fraction of sp³-hybridized carbons (Fsp3) is 0.421. The van der Waals surface area contributed by atoms with E-state index < -0.39 is 0 Å². The Kier molecular flexibility index (Phi) is 6.08. The minimum atomic E-state index is -0.0798. The second-order valence-electron chi connectivity index (χ2n) is 6.20. The summed E-state index contributed by atoms with van der Waals surface area (Å²) in [6.45, 7) is 6.36. The first kappa shape index (κ1) is 18.9. The van der Waals surface area contributed by atoms with Gasteiger partial charge in [-0.05, 0) is 18.7 Å². The maximum absolute atomic E-state index is 12.6. The molecule has 144 valence electrons. The maximum Gasteiger partial charge on any atom is 0.274 e. The average molecular weight is 371 g/mol. The molecule has 1 fully saturated rings. The molecule has 1 N–H and O–H groups in total. The van der Waals surface area contributed by atoms with Crippen LogP contribution in [0, 0.1) is 0 Å². The molecule has 2 aromatic rings. The summed E-state index contributed by atoms with van der Waals surface area (Å²) in [6, 6.07) is 5.44.